The first-order chi connectivity index (χ1) is 13.7. The molecule has 0 aliphatic heterocycles. The van der Waals surface area contributed by atoms with Gasteiger partial charge in [-0.25, -0.2) is 14.6 Å². The first kappa shape index (κ1) is 17.2. The van der Waals surface area contributed by atoms with E-state index in [2.05, 4.69) is 25.3 Å². The number of H-pyrrole nitrogens is 1. The molecular weight excluding hydrogens is 376 g/mol. The van der Waals surface area contributed by atoms with Crippen molar-refractivity contribution in [3.05, 3.63) is 49.1 Å². The van der Waals surface area contributed by atoms with Gasteiger partial charge in [0.2, 0.25) is 0 Å². The van der Waals surface area contributed by atoms with Crippen LogP contribution in [0.3, 0.4) is 0 Å². The minimum absolute atomic E-state index is 0.137. The van der Waals surface area contributed by atoms with Crippen molar-refractivity contribution in [1.29, 1.82) is 0 Å². The molecule has 1 aromatic carbocycles. The van der Waals surface area contributed by atoms with Gasteiger partial charge in [-0.05, 0) is 31.0 Å². The predicted molar refractivity (Wildman–Crippen MR) is 104 cm³/mol. The van der Waals surface area contributed by atoms with E-state index in [1.54, 1.807) is 24.2 Å². The van der Waals surface area contributed by atoms with Gasteiger partial charge >= 0.3 is 0 Å². The molecule has 5 rings (SSSR count). The van der Waals surface area contributed by atoms with Crippen molar-refractivity contribution in [2.45, 2.75) is 29.1 Å². The van der Waals surface area contributed by atoms with E-state index in [-0.39, 0.29) is 11.4 Å². The molecule has 3 heterocycles. The third-order valence-electron chi connectivity index (χ3n) is 5.08. The molecule has 1 aliphatic rings. The van der Waals surface area contributed by atoms with Crippen molar-refractivity contribution >= 4 is 21.8 Å². The van der Waals surface area contributed by atoms with Gasteiger partial charge < -0.3 is 4.74 Å². The number of rotatable bonds is 5. The molecule has 0 amide bonds. The lowest BCUT2D eigenvalue weighted by molar-refractivity contribution is 0.0447. The van der Waals surface area contributed by atoms with Crippen molar-refractivity contribution in [2.75, 3.05) is 7.11 Å². The van der Waals surface area contributed by atoms with Crippen LogP contribution < -0.4 is 0 Å². The normalized spacial score (nSPS) is 20.2. The highest BCUT2D eigenvalue weighted by molar-refractivity contribution is 7.85. The van der Waals surface area contributed by atoms with Crippen LogP contribution in [-0.4, -0.2) is 52.6 Å². The second-order valence-electron chi connectivity index (χ2n) is 6.77. The Bertz CT molecular complexity index is 1150. The van der Waals surface area contributed by atoms with Crippen molar-refractivity contribution in [3.8, 4) is 17.1 Å². The monoisotopic (exact) mass is 394 g/mol. The number of benzene rings is 1. The molecule has 8 nitrogen and oxygen atoms in total. The van der Waals surface area contributed by atoms with Crippen LogP contribution in [0.1, 0.15) is 12.8 Å². The predicted octanol–water partition coefficient (Wildman–Crippen LogP) is 2.49. The molecule has 1 atom stereocenters. The smallest absolute Gasteiger partial charge is 0.162 e. The number of pyridine rings is 1. The van der Waals surface area contributed by atoms with Gasteiger partial charge in [-0.15, -0.1) is 0 Å². The van der Waals surface area contributed by atoms with Gasteiger partial charge in [0.15, 0.2) is 11.5 Å². The SMILES string of the molecule is COC1CC([S@](=O)c2cnc3c(cnn3-c3cccc(-c4ncn[nH]4)c3)c2)C1. The van der Waals surface area contributed by atoms with Gasteiger partial charge in [-0.1, -0.05) is 12.1 Å². The maximum atomic E-state index is 12.8. The van der Waals surface area contributed by atoms with Crippen LogP contribution in [0.5, 0.6) is 0 Å². The van der Waals surface area contributed by atoms with E-state index in [1.807, 2.05) is 30.3 Å². The van der Waals surface area contributed by atoms with Crippen LogP contribution in [0.2, 0.25) is 0 Å². The number of hydrogen-bond donors (Lipinski definition) is 1. The minimum Gasteiger partial charge on any atom is -0.381 e. The third kappa shape index (κ3) is 2.92. The van der Waals surface area contributed by atoms with Crippen molar-refractivity contribution < 1.29 is 8.95 Å². The summed E-state index contributed by atoms with van der Waals surface area (Å²) in [5.74, 6) is 0.693. The lowest BCUT2D eigenvalue weighted by Gasteiger charge is -2.33. The minimum atomic E-state index is -1.08. The van der Waals surface area contributed by atoms with Crippen LogP contribution in [0.25, 0.3) is 28.1 Å². The van der Waals surface area contributed by atoms with Crippen LogP contribution in [0.15, 0.2) is 53.9 Å². The molecule has 1 saturated carbocycles. The summed E-state index contributed by atoms with van der Waals surface area (Å²) in [6.07, 6.45) is 6.81. The Balaban J connectivity index is 1.46. The molecule has 0 bridgehead atoms. The molecule has 1 fully saturated rings. The first-order valence-electron chi connectivity index (χ1n) is 8.96. The van der Waals surface area contributed by atoms with E-state index in [9.17, 15) is 4.21 Å². The van der Waals surface area contributed by atoms with Crippen molar-refractivity contribution in [1.82, 2.24) is 29.9 Å². The van der Waals surface area contributed by atoms with Crippen LogP contribution in [0.4, 0.5) is 0 Å². The lowest BCUT2D eigenvalue weighted by atomic mass is 9.95. The van der Waals surface area contributed by atoms with Gasteiger partial charge in [0.1, 0.15) is 6.33 Å². The van der Waals surface area contributed by atoms with E-state index in [1.165, 1.54) is 6.33 Å². The summed E-state index contributed by atoms with van der Waals surface area (Å²) in [6, 6.07) is 9.74. The van der Waals surface area contributed by atoms with Crippen LogP contribution in [-0.2, 0) is 15.5 Å². The highest BCUT2D eigenvalue weighted by atomic mass is 32.2. The first-order valence-corrected chi connectivity index (χ1v) is 10.2. The lowest BCUT2D eigenvalue weighted by Crippen LogP contribution is -2.37. The van der Waals surface area contributed by atoms with E-state index >= 15 is 0 Å². The highest BCUT2D eigenvalue weighted by Gasteiger charge is 2.34. The number of ether oxygens (including phenoxy) is 1. The molecule has 0 radical (unpaired) electrons. The zero-order valence-electron chi connectivity index (χ0n) is 15.1. The topological polar surface area (TPSA) is 98.6 Å². The van der Waals surface area contributed by atoms with Gasteiger partial charge in [-0.3, -0.25) is 9.31 Å². The molecular formula is C19H18N6O2S. The number of hydrogen-bond acceptors (Lipinski definition) is 6. The van der Waals surface area contributed by atoms with E-state index in [0.717, 1.165) is 40.0 Å². The summed E-state index contributed by atoms with van der Waals surface area (Å²) in [6.45, 7) is 0. The summed E-state index contributed by atoms with van der Waals surface area (Å²) in [7, 11) is 0.620. The Morgan fingerprint density at radius 2 is 2.11 bits per heavy atom. The number of nitrogens with one attached hydrogen (secondary N) is 1. The summed E-state index contributed by atoms with van der Waals surface area (Å²) >= 11 is 0. The quantitative estimate of drug-likeness (QED) is 0.558. The zero-order valence-corrected chi connectivity index (χ0v) is 16.0. The number of nitrogens with zero attached hydrogens (tertiary/aromatic N) is 5. The Morgan fingerprint density at radius 1 is 1.21 bits per heavy atom. The average Bonchev–Trinajstić information content (AvgIpc) is 3.36. The van der Waals surface area contributed by atoms with Crippen LogP contribution >= 0.6 is 0 Å². The Morgan fingerprint density at radius 3 is 2.89 bits per heavy atom. The standard InChI is InChI=1S/C19H18N6O2S/c1-27-15-7-16(8-15)28(26)17-6-13-9-23-25(19(13)20-10-17)14-4-2-3-12(5-14)18-21-11-22-24-18/h2-6,9-11,15-16H,7-8H2,1H3,(H,21,22,24)/t15?,16?,28-/m0/s1. The van der Waals surface area contributed by atoms with Gasteiger partial charge in [-0.2, -0.15) is 10.2 Å². The fourth-order valence-corrected chi connectivity index (χ4v) is 4.97. The molecule has 4 aromatic rings. The van der Waals surface area contributed by atoms with Gasteiger partial charge in [0, 0.05) is 29.5 Å². The molecule has 1 aliphatic carbocycles. The van der Waals surface area contributed by atoms with E-state index in [4.69, 9.17) is 4.74 Å². The number of fused-ring (bicyclic) bond motifs is 1. The van der Waals surface area contributed by atoms with Crippen LogP contribution in [0, 0.1) is 0 Å². The highest BCUT2D eigenvalue weighted by Crippen LogP contribution is 2.31. The van der Waals surface area contributed by atoms with Gasteiger partial charge in [0.25, 0.3) is 0 Å². The molecule has 142 valence electrons. The Labute approximate surface area is 163 Å². The number of aromatic nitrogens is 6. The molecule has 3 aromatic heterocycles. The second-order valence-corrected chi connectivity index (χ2v) is 8.51. The fourth-order valence-electron chi connectivity index (χ4n) is 3.41. The maximum absolute atomic E-state index is 12.8. The van der Waals surface area contributed by atoms with Crippen molar-refractivity contribution in [3.63, 3.8) is 0 Å². The average molecular weight is 394 g/mol. The second kappa shape index (κ2) is 6.92. The summed E-state index contributed by atoms with van der Waals surface area (Å²) in [4.78, 5) is 9.48. The van der Waals surface area contributed by atoms with Gasteiger partial charge in [0.05, 0.1) is 33.7 Å². The summed E-state index contributed by atoms with van der Waals surface area (Å²) < 4.78 is 19.8. The van der Waals surface area contributed by atoms with E-state index < -0.39 is 10.8 Å². The molecule has 0 unspecified atom stereocenters. The zero-order chi connectivity index (χ0) is 19.1. The van der Waals surface area contributed by atoms with Crippen molar-refractivity contribution in [2.24, 2.45) is 0 Å². The Hall–Kier alpha value is -2.91. The Kier molecular flexibility index (Phi) is 4.25. The molecule has 0 saturated heterocycles. The number of methoxy groups -OCH3 is 1. The van der Waals surface area contributed by atoms with E-state index in [0.29, 0.717) is 5.82 Å². The largest absolute Gasteiger partial charge is 0.381 e. The fraction of sp³-hybridized carbons (Fsp3) is 0.263. The number of aromatic amines is 1. The summed E-state index contributed by atoms with van der Waals surface area (Å²) in [5.41, 5.74) is 2.50. The molecule has 1 N–H and O–H groups in total. The maximum Gasteiger partial charge on any atom is 0.162 e. The molecule has 0 spiro atoms. The third-order valence-corrected chi connectivity index (χ3v) is 6.76. The molecule has 9 heteroatoms. The molecule has 28 heavy (non-hydrogen) atoms. The summed E-state index contributed by atoms with van der Waals surface area (Å²) in [5, 5.41) is 12.2.